The molecule has 0 saturated heterocycles. The summed E-state index contributed by atoms with van der Waals surface area (Å²) in [5.74, 6) is 0.196. The Morgan fingerprint density at radius 1 is 0.974 bits per heavy atom. The van der Waals surface area contributed by atoms with Gasteiger partial charge in [0.05, 0.1) is 6.54 Å². The van der Waals surface area contributed by atoms with E-state index in [9.17, 15) is 19.1 Å². The molecule has 39 heavy (non-hydrogen) atoms. The van der Waals surface area contributed by atoms with Crippen LogP contribution in [0.3, 0.4) is 0 Å². The second-order valence-electron chi connectivity index (χ2n) is 8.77. The number of aliphatic carboxylic acids is 1. The third kappa shape index (κ3) is 11.0. The summed E-state index contributed by atoms with van der Waals surface area (Å²) in [6, 6.07) is 23.2. The highest BCUT2D eigenvalue weighted by Gasteiger charge is 2.18. The lowest BCUT2D eigenvalue weighted by Gasteiger charge is -2.23. The molecule has 0 aromatic heterocycles. The maximum Gasteiger partial charge on any atom is 0.333 e. The largest absolute Gasteiger partial charge is 0.492 e. The molecule has 0 fully saturated rings. The third-order valence-corrected chi connectivity index (χ3v) is 6.94. The van der Waals surface area contributed by atoms with Crippen molar-refractivity contribution in [2.45, 2.75) is 37.3 Å². The summed E-state index contributed by atoms with van der Waals surface area (Å²) in [6.07, 6.45) is 0.193. The average Bonchev–Trinajstić information content (AvgIpc) is 2.95. The van der Waals surface area contributed by atoms with Gasteiger partial charge in [0.15, 0.2) is 6.10 Å². The van der Waals surface area contributed by atoms with Gasteiger partial charge in [-0.3, -0.25) is 0 Å². The molecule has 0 aliphatic carbocycles. The lowest BCUT2D eigenvalue weighted by Crippen LogP contribution is -2.42. The fraction of sp³-hybridized carbons (Fsp3) is 0.333. The zero-order valence-electron chi connectivity index (χ0n) is 22.1. The Labute approximate surface area is 233 Å². The number of carboxylic acid groups (broad SMARTS) is 1. The monoisotopic (exact) mass is 554 g/mol. The van der Waals surface area contributed by atoms with Crippen LogP contribution in [0.15, 0.2) is 83.8 Å². The average molecular weight is 555 g/mol. The van der Waals surface area contributed by atoms with Gasteiger partial charge in [-0.05, 0) is 66.6 Å². The summed E-state index contributed by atoms with van der Waals surface area (Å²) in [7, 11) is 0. The maximum atomic E-state index is 13.2. The lowest BCUT2D eigenvalue weighted by atomic mass is 10.1. The predicted octanol–water partition coefficient (Wildman–Crippen LogP) is 5.63. The van der Waals surface area contributed by atoms with Crippen molar-refractivity contribution in [1.29, 1.82) is 0 Å². The molecular weight excluding hydrogens is 519 g/mol. The zero-order chi connectivity index (χ0) is 27.9. The van der Waals surface area contributed by atoms with Crippen molar-refractivity contribution in [3.63, 3.8) is 0 Å². The first kappa shape index (κ1) is 30.0. The van der Waals surface area contributed by atoms with E-state index >= 15 is 0 Å². The van der Waals surface area contributed by atoms with Crippen LogP contribution in [0.1, 0.15) is 24.5 Å². The fourth-order valence-corrected chi connectivity index (χ4v) is 4.66. The molecule has 3 aromatic carbocycles. The Hall–Kier alpha value is -3.56. The summed E-state index contributed by atoms with van der Waals surface area (Å²) in [5, 5.41) is 12.2. The number of halogens is 1. The van der Waals surface area contributed by atoms with Gasteiger partial charge in [-0.2, -0.15) is 0 Å². The van der Waals surface area contributed by atoms with Crippen molar-refractivity contribution < 1.29 is 28.6 Å². The molecule has 2 amide bonds. The molecule has 7 nitrogen and oxygen atoms in total. The number of thioether (sulfide) groups is 1. The Balaban J connectivity index is 1.51. The number of nitrogens with zero attached hydrogens (tertiary/aromatic N) is 1. The van der Waals surface area contributed by atoms with Crippen LogP contribution in [0.2, 0.25) is 0 Å². The molecule has 3 aromatic rings. The predicted molar refractivity (Wildman–Crippen MR) is 151 cm³/mol. The molecule has 0 saturated carbocycles. The van der Waals surface area contributed by atoms with Gasteiger partial charge in [-0.25, -0.2) is 14.0 Å². The fourth-order valence-electron chi connectivity index (χ4n) is 3.80. The van der Waals surface area contributed by atoms with Crippen molar-refractivity contribution in [2.75, 3.05) is 32.1 Å². The highest BCUT2D eigenvalue weighted by Crippen LogP contribution is 2.18. The van der Waals surface area contributed by atoms with Crippen LogP contribution >= 0.6 is 11.8 Å². The number of ether oxygens (including phenoxy) is 2. The van der Waals surface area contributed by atoms with E-state index in [1.165, 1.54) is 17.0 Å². The minimum absolute atomic E-state index is 0.210. The van der Waals surface area contributed by atoms with Crippen LogP contribution in [-0.4, -0.2) is 60.2 Å². The molecule has 0 spiro atoms. The first-order valence-electron chi connectivity index (χ1n) is 13.0. The SMILES string of the molecule is CCOC(Cc1ccc(OCCN(CCCSc2ccccc2)C(=O)NCc2ccc(F)cc2)cc1)C(=O)O. The molecule has 3 rings (SSSR count). The van der Waals surface area contributed by atoms with Crippen LogP contribution in [-0.2, 0) is 22.5 Å². The van der Waals surface area contributed by atoms with Gasteiger partial charge in [0.25, 0.3) is 0 Å². The second-order valence-corrected chi connectivity index (χ2v) is 9.93. The molecule has 0 aliphatic heterocycles. The van der Waals surface area contributed by atoms with Gasteiger partial charge in [0.2, 0.25) is 0 Å². The molecule has 0 radical (unpaired) electrons. The summed E-state index contributed by atoms with van der Waals surface area (Å²) in [6.45, 7) is 3.64. The van der Waals surface area contributed by atoms with E-state index in [0.29, 0.717) is 38.6 Å². The standard InChI is InChI=1S/C30H35FN2O5S/c1-2-37-28(29(34)35)21-23-11-15-26(16-12-23)38-19-18-33(17-6-20-39-27-7-4-3-5-8-27)30(36)32-22-24-9-13-25(31)14-10-24/h3-5,7-16,28H,2,6,17-22H2,1H3,(H,32,36)(H,34,35). The number of benzene rings is 3. The molecule has 1 atom stereocenters. The van der Waals surface area contributed by atoms with E-state index < -0.39 is 12.1 Å². The molecule has 0 bridgehead atoms. The number of carbonyl (C=O) groups excluding carboxylic acids is 1. The van der Waals surface area contributed by atoms with Crippen LogP contribution in [0.5, 0.6) is 5.75 Å². The van der Waals surface area contributed by atoms with Crippen molar-refractivity contribution >= 4 is 23.8 Å². The number of amides is 2. The minimum Gasteiger partial charge on any atom is -0.492 e. The van der Waals surface area contributed by atoms with E-state index in [4.69, 9.17) is 9.47 Å². The van der Waals surface area contributed by atoms with E-state index in [1.807, 2.05) is 30.3 Å². The Kier molecular flexibility index (Phi) is 12.6. The van der Waals surface area contributed by atoms with Gasteiger partial charge in [0.1, 0.15) is 18.2 Å². The molecule has 2 N–H and O–H groups in total. The summed E-state index contributed by atoms with van der Waals surface area (Å²) in [4.78, 5) is 27.2. The number of nitrogens with one attached hydrogen (secondary N) is 1. The van der Waals surface area contributed by atoms with E-state index in [-0.39, 0.29) is 18.3 Å². The van der Waals surface area contributed by atoms with Crippen molar-refractivity contribution in [3.8, 4) is 5.75 Å². The topological polar surface area (TPSA) is 88.1 Å². The van der Waals surface area contributed by atoms with Gasteiger partial charge in [-0.1, -0.05) is 42.5 Å². The summed E-state index contributed by atoms with van der Waals surface area (Å²) < 4.78 is 24.3. The molecule has 0 aliphatic rings. The van der Waals surface area contributed by atoms with Crippen molar-refractivity contribution in [3.05, 3.63) is 95.8 Å². The van der Waals surface area contributed by atoms with E-state index in [2.05, 4.69) is 17.4 Å². The number of carboxylic acids is 1. The summed E-state index contributed by atoms with van der Waals surface area (Å²) in [5.41, 5.74) is 1.65. The molecule has 208 valence electrons. The van der Waals surface area contributed by atoms with E-state index in [0.717, 1.165) is 23.3 Å². The molecular formula is C30H35FN2O5S. The Morgan fingerprint density at radius 2 is 1.67 bits per heavy atom. The number of urea groups is 1. The number of hydrogen-bond acceptors (Lipinski definition) is 5. The Bertz CT molecular complexity index is 1150. The lowest BCUT2D eigenvalue weighted by molar-refractivity contribution is -0.149. The second kappa shape index (κ2) is 16.4. The molecule has 1 unspecified atom stereocenters. The van der Waals surface area contributed by atoms with Gasteiger partial charge in [-0.15, -0.1) is 11.8 Å². The summed E-state index contributed by atoms with van der Waals surface area (Å²) >= 11 is 1.75. The number of rotatable bonds is 16. The molecule has 9 heteroatoms. The smallest absolute Gasteiger partial charge is 0.333 e. The number of hydrogen-bond donors (Lipinski definition) is 2. The minimum atomic E-state index is -0.989. The highest BCUT2D eigenvalue weighted by atomic mass is 32.2. The quantitative estimate of drug-likeness (QED) is 0.176. The Morgan fingerprint density at radius 3 is 2.33 bits per heavy atom. The van der Waals surface area contributed by atoms with E-state index in [1.54, 1.807) is 47.9 Å². The normalized spacial score (nSPS) is 11.5. The van der Waals surface area contributed by atoms with Gasteiger partial charge < -0.3 is 24.8 Å². The van der Waals surface area contributed by atoms with Gasteiger partial charge >= 0.3 is 12.0 Å². The first-order valence-corrected chi connectivity index (χ1v) is 13.9. The van der Waals surface area contributed by atoms with Crippen molar-refractivity contribution in [1.82, 2.24) is 10.2 Å². The van der Waals surface area contributed by atoms with Crippen LogP contribution in [0.4, 0.5) is 9.18 Å². The first-order chi connectivity index (χ1) is 18.9. The number of carbonyl (C=O) groups is 2. The maximum absolute atomic E-state index is 13.2. The highest BCUT2D eigenvalue weighted by molar-refractivity contribution is 7.99. The van der Waals surface area contributed by atoms with Crippen LogP contribution in [0.25, 0.3) is 0 Å². The van der Waals surface area contributed by atoms with Gasteiger partial charge in [0, 0.05) is 31.0 Å². The van der Waals surface area contributed by atoms with Crippen LogP contribution < -0.4 is 10.1 Å². The zero-order valence-corrected chi connectivity index (χ0v) is 22.9. The van der Waals surface area contributed by atoms with Crippen LogP contribution in [0, 0.1) is 5.82 Å². The van der Waals surface area contributed by atoms with Crippen molar-refractivity contribution in [2.24, 2.45) is 0 Å². The molecule has 0 heterocycles. The third-order valence-electron chi connectivity index (χ3n) is 5.85.